The highest BCUT2D eigenvalue weighted by molar-refractivity contribution is 8.42. The Bertz CT molecular complexity index is 4410. The van der Waals surface area contributed by atoms with Crippen LogP contribution in [0.15, 0.2) is 204 Å². The summed E-state index contributed by atoms with van der Waals surface area (Å²) in [5.74, 6) is 4.13. The first-order valence-corrected chi connectivity index (χ1v) is 50.2. The number of ether oxygens (including phenoxy) is 3. The number of nitrogens with zero attached hydrogens (tertiary/aromatic N) is 7. The molecular formula is C77H104Cl2N10O14P4S12. The van der Waals surface area contributed by atoms with Gasteiger partial charge < -0.3 is 62.6 Å². The van der Waals surface area contributed by atoms with Gasteiger partial charge in [0, 0.05) is 129 Å². The first kappa shape index (κ1) is 116. The lowest BCUT2D eigenvalue weighted by Crippen LogP contribution is -2.35. The van der Waals surface area contributed by atoms with E-state index in [1.165, 1.54) is 63.7 Å². The minimum atomic E-state index is -3.24. The van der Waals surface area contributed by atoms with E-state index in [-0.39, 0.29) is 29.6 Å². The second kappa shape index (κ2) is 68.0. The number of rotatable bonds is 24. The maximum Gasteiger partial charge on any atom is 0.347 e. The Morgan fingerprint density at radius 3 is 1.22 bits per heavy atom. The van der Waals surface area contributed by atoms with Crippen molar-refractivity contribution in [1.82, 2.24) is 29.1 Å². The smallest absolute Gasteiger partial charge is 0.347 e. The van der Waals surface area contributed by atoms with Crippen LogP contribution in [-0.4, -0.2) is 202 Å². The third kappa shape index (κ3) is 40.4. The molecule has 3 heterocycles. The fraction of sp³-hybridized carbons (Fsp3) is 0.351. The van der Waals surface area contributed by atoms with Crippen molar-refractivity contribution in [2.24, 2.45) is 15.7 Å². The molecule has 0 amide bonds. The number of methoxy groups -OCH3 is 3. The van der Waals surface area contributed by atoms with E-state index in [4.69, 9.17) is 93.6 Å². The van der Waals surface area contributed by atoms with E-state index in [0.29, 0.717) is 50.4 Å². The Morgan fingerprint density at radius 1 is 0.580 bits per heavy atom. The van der Waals surface area contributed by atoms with Crippen LogP contribution >= 0.6 is 139 Å². The summed E-state index contributed by atoms with van der Waals surface area (Å²) in [6.45, 7) is 3.54. The van der Waals surface area contributed by atoms with Crippen LogP contribution in [0.3, 0.4) is 0 Å². The van der Waals surface area contributed by atoms with Crippen LogP contribution in [0.5, 0.6) is 17.2 Å². The summed E-state index contributed by atoms with van der Waals surface area (Å²) in [4.78, 5) is 11.4. The van der Waals surface area contributed by atoms with Gasteiger partial charge in [-0.15, -0.1) is 23.2 Å². The van der Waals surface area contributed by atoms with Gasteiger partial charge in [-0.25, -0.2) is 9.98 Å². The second-order valence-corrected chi connectivity index (χ2v) is 39.9. The van der Waals surface area contributed by atoms with E-state index in [0.717, 1.165) is 73.2 Å². The quantitative estimate of drug-likeness (QED) is 0.0163. The number of nitrogens with one attached hydrogen (secondary N) is 2. The molecule has 0 saturated carbocycles. The minimum Gasteiger partial charge on any atom is -0.497 e. The third-order valence-electron chi connectivity index (χ3n) is 16.5. The van der Waals surface area contributed by atoms with E-state index in [2.05, 4.69) is 131 Å². The molecule has 119 heavy (non-hydrogen) atoms. The summed E-state index contributed by atoms with van der Waals surface area (Å²) in [5.41, 5.74) is 13.2. The first-order chi connectivity index (χ1) is 57.1. The molecule has 0 aliphatic carbocycles. The van der Waals surface area contributed by atoms with E-state index in [1.54, 1.807) is 61.1 Å². The molecular weight excluding hydrogens is 1870 g/mol. The Morgan fingerprint density at radius 2 is 0.908 bits per heavy atom. The molecule has 7 aromatic rings. The fourth-order valence-corrected chi connectivity index (χ4v) is 20.3. The number of aliphatic imine (C=N–C) groups is 2. The number of thiocarbonyl (C=S) groups is 7. The van der Waals surface area contributed by atoms with Crippen LogP contribution in [0, 0.1) is 5.41 Å². The molecule has 3 aliphatic heterocycles. The molecule has 10 rings (SSSR count). The average Bonchev–Trinajstić information content (AvgIpc) is 1.61. The van der Waals surface area contributed by atoms with Crippen molar-refractivity contribution >= 4 is 231 Å². The van der Waals surface area contributed by atoms with Crippen LogP contribution in [0.25, 0.3) is 0 Å². The van der Waals surface area contributed by atoms with Gasteiger partial charge >= 0.3 is 30.2 Å². The van der Waals surface area contributed by atoms with E-state index in [9.17, 15) is 18.3 Å². The molecule has 7 aromatic carbocycles. The number of halogens is 2. The number of nitrogens with two attached hydrogens (primary N) is 1. The summed E-state index contributed by atoms with van der Waals surface area (Å²) >= 11 is 48.1. The molecule has 652 valence electrons. The molecule has 0 radical (unpaired) electrons. The van der Waals surface area contributed by atoms with Gasteiger partial charge in [0.2, 0.25) is 5.96 Å². The van der Waals surface area contributed by atoms with Crippen molar-refractivity contribution in [2.45, 2.75) is 75.4 Å². The Labute approximate surface area is 769 Å². The minimum absolute atomic E-state index is 0.194. The number of guanidine groups is 2. The molecule has 6 N–H and O–H groups in total. The van der Waals surface area contributed by atoms with Crippen LogP contribution in [-0.2, 0) is 137 Å². The molecule has 7 atom stereocenters. The third-order valence-corrected chi connectivity index (χ3v) is 30.2. The molecule has 3 aliphatic rings. The van der Waals surface area contributed by atoms with Gasteiger partial charge in [0.1, 0.15) is 34.6 Å². The Kier molecular flexibility index (Phi) is 66.0. The van der Waals surface area contributed by atoms with Gasteiger partial charge in [-0.1, -0.05) is 170 Å². The summed E-state index contributed by atoms with van der Waals surface area (Å²) < 4.78 is 106. The van der Waals surface area contributed by atoms with Crippen molar-refractivity contribution in [1.29, 1.82) is 5.41 Å². The predicted octanol–water partition coefficient (Wildman–Crippen LogP) is 17.5. The van der Waals surface area contributed by atoms with Crippen molar-refractivity contribution in [3.8, 4) is 17.2 Å². The molecule has 0 aromatic heterocycles. The van der Waals surface area contributed by atoms with Gasteiger partial charge in [-0.2, -0.15) is 0 Å². The second-order valence-electron chi connectivity index (χ2n) is 22.9. The summed E-state index contributed by atoms with van der Waals surface area (Å²) in [6.07, 6.45) is 2.27. The Balaban J connectivity index is 0. The SMILES string of the molecule is C=S.CCO.CN=C=S.CO.COP1(=O)C(Cc2ccccc2)N=C(N)N1C.COc1ccc(CN2C(=N)N(C)P(=O)(OC)C2Cc2ccccc2)cc1.COc1ccc(CN2C(=S)N(C)P(=O)(OC)C2Cc2ccccc2)cc1.COc1ccc(CNC(Cc2ccccc2)P(=O)(OC)OC)cc1.ClCCl.S=C=S.S=C=S=S.S=C=S=S=S. The summed E-state index contributed by atoms with van der Waals surface area (Å²) in [6, 6.07) is 62.8. The topological polar surface area (TPSA) is 285 Å². The van der Waals surface area contributed by atoms with Crippen molar-refractivity contribution in [3.05, 3.63) is 233 Å². The van der Waals surface area contributed by atoms with Crippen LogP contribution in [0.2, 0.25) is 0 Å². The summed E-state index contributed by atoms with van der Waals surface area (Å²) in [7, 11) is 10.7. The lowest BCUT2D eigenvalue weighted by atomic mass is 10.1. The standard InChI is InChI=1S/C19H24N3O3P.C19H23N2O3PS.C18H24NO4P.C11H16N3O2P.C2H3NS.C2H6O.CH2Cl2.CH4O.CS4.CS3.CS2.CH2S/c1-21-19(20)22(14-16-9-11-17(24-2)12-10-16)18(26(21,23)25-3)13-15-7-5-4-6-8-15;1-20-19(26)21(14-16-9-11-17(23-2)12-10-16)18(25(20,22)24-3)13-15-7-5-4-6-8-15;1-21-17-11-9-16(10-12-17)14-19-18(24(20,22-2)23-3)13-15-7-5-4-6-8-15;1-14-11(12)13-10(17(14,15)16-2)8-9-6-4-3-5-7-9;1-3-2-4;1-2-3;2-1-3;1-2;2-1-4-5-3;2-1-4-3;2-1-3;1-2/h4-12,18,20H,13-14H2,1-3H3;4-12,18H,13-14H2,1-3H3;4-12,18-19H,13-14H2,1-3H3;3-7,10H,8H2,1-2H3,(H2,12,13);1H3;3H,2H2,1H3;1H2;2H,1H3;;;;1H2. The van der Waals surface area contributed by atoms with E-state index >= 15 is 0 Å². The molecule has 24 nitrogen and oxygen atoms in total. The number of alkyl halides is 2. The first-order valence-electron chi connectivity index (χ1n) is 34.7. The van der Waals surface area contributed by atoms with E-state index < -0.39 is 47.5 Å². The molecule has 2 saturated heterocycles. The number of benzene rings is 7. The zero-order valence-corrected chi connectivity index (χ0v) is 83.2. The van der Waals surface area contributed by atoms with Crippen LogP contribution < -0.4 is 25.3 Å². The van der Waals surface area contributed by atoms with Crippen LogP contribution in [0.1, 0.15) is 45.9 Å². The van der Waals surface area contributed by atoms with E-state index in [1.807, 2.05) is 208 Å². The van der Waals surface area contributed by atoms with Crippen molar-refractivity contribution in [3.63, 3.8) is 0 Å². The lowest BCUT2D eigenvalue weighted by molar-refractivity contribution is 0.258. The maximum atomic E-state index is 13.5. The highest BCUT2D eigenvalue weighted by Gasteiger charge is 2.53. The van der Waals surface area contributed by atoms with Crippen LogP contribution in [0.4, 0.5) is 0 Å². The van der Waals surface area contributed by atoms with Crippen molar-refractivity contribution < 1.29 is 65.3 Å². The summed E-state index contributed by atoms with van der Waals surface area (Å²) in [5, 5.41) is 29.2. The molecule has 2 fully saturated rings. The highest BCUT2D eigenvalue weighted by Crippen LogP contribution is 2.63. The Hall–Kier alpha value is -5.44. The number of hydrogen-bond acceptors (Lipinski definition) is 28. The number of aliphatic hydroxyl groups is 2. The highest BCUT2D eigenvalue weighted by atomic mass is 35.5. The zero-order valence-electron chi connectivity index (χ0n) is 68.3. The zero-order chi connectivity index (χ0) is 90.4. The van der Waals surface area contributed by atoms with Gasteiger partial charge in [0.05, 0.1) is 31.8 Å². The number of aliphatic hydroxyl groups excluding tert-OH is 2. The maximum absolute atomic E-state index is 13.5. The number of isothiocyanates is 1. The van der Waals surface area contributed by atoms with Gasteiger partial charge in [-0.05, 0) is 219 Å². The largest absolute Gasteiger partial charge is 0.497 e. The van der Waals surface area contributed by atoms with Gasteiger partial charge in [-0.3, -0.25) is 43.0 Å². The normalized spacial score (nSPS) is 17.5. The average molecular weight is 1970 g/mol. The molecule has 42 heteroatoms. The molecule has 0 spiro atoms. The monoisotopic (exact) mass is 1970 g/mol. The number of hydrogen-bond donors (Lipinski definition) is 5. The van der Waals surface area contributed by atoms with Gasteiger partial charge in [0.25, 0.3) is 0 Å². The lowest BCUT2D eigenvalue weighted by Gasteiger charge is -2.26. The van der Waals surface area contributed by atoms with Gasteiger partial charge in [0.15, 0.2) is 16.9 Å². The molecule has 0 bridgehead atoms. The predicted molar refractivity (Wildman–Crippen MR) is 529 cm³/mol. The molecule has 7 unspecified atom stereocenters. The fourth-order valence-electron chi connectivity index (χ4n) is 10.8. The van der Waals surface area contributed by atoms with Crippen molar-refractivity contribution in [2.75, 3.05) is 104 Å².